The van der Waals surface area contributed by atoms with Gasteiger partial charge in [0.15, 0.2) is 0 Å². The molecule has 0 heterocycles. The van der Waals surface area contributed by atoms with Crippen LogP contribution in [0.3, 0.4) is 0 Å². The average Bonchev–Trinajstić information content (AvgIpc) is 2.52. The van der Waals surface area contributed by atoms with E-state index >= 15 is 0 Å². The molecule has 2 aromatic carbocycles. The molecule has 0 unspecified atom stereocenters. The Morgan fingerprint density at radius 1 is 1.10 bits per heavy atom. The highest BCUT2D eigenvalue weighted by Gasteiger charge is 2.22. The maximum atomic E-state index is 12.0. The Kier molecular flexibility index (Phi) is 4.97. The van der Waals surface area contributed by atoms with Gasteiger partial charge in [0.2, 0.25) is 5.91 Å². The molecule has 0 radical (unpaired) electrons. The lowest BCUT2D eigenvalue weighted by Crippen LogP contribution is -2.42. The Morgan fingerprint density at radius 2 is 1.76 bits per heavy atom. The molecule has 0 aliphatic rings. The van der Waals surface area contributed by atoms with Crippen LogP contribution in [0.4, 0.5) is 0 Å². The van der Waals surface area contributed by atoms with Crippen LogP contribution in [-0.4, -0.2) is 23.2 Å². The number of rotatable bonds is 6. The van der Waals surface area contributed by atoms with Gasteiger partial charge >= 0.3 is 0 Å². The van der Waals surface area contributed by atoms with E-state index in [0.29, 0.717) is 25.8 Å². The van der Waals surface area contributed by atoms with Crippen molar-refractivity contribution in [1.82, 2.24) is 5.32 Å². The monoisotopic (exact) mass is 285 g/mol. The number of carbonyl (C=O) groups excluding carboxylic acids is 1. The third-order valence-corrected chi connectivity index (χ3v) is 4.11. The Hall–Kier alpha value is -1.87. The van der Waals surface area contributed by atoms with Gasteiger partial charge in [-0.3, -0.25) is 4.79 Å². The van der Waals surface area contributed by atoms with Gasteiger partial charge in [-0.25, -0.2) is 0 Å². The van der Waals surface area contributed by atoms with Gasteiger partial charge < -0.3 is 10.4 Å². The van der Waals surface area contributed by atoms with E-state index in [2.05, 4.69) is 11.4 Å². The van der Waals surface area contributed by atoms with E-state index < -0.39 is 5.60 Å². The van der Waals surface area contributed by atoms with Crippen molar-refractivity contribution >= 4 is 16.7 Å². The zero-order valence-corrected chi connectivity index (χ0v) is 12.7. The van der Waals surface area contributed by atoms with Gasteiger partial charge in [0.25, 0.3) is 0 Å². The predicted octanol–water partition coefficient (Wildman–Crippen LogP) is 3.05. The minimum Gasteiger partial charge on any atom is -0.388 e. The molecule has 0 spiro atoms. The van der Waals surface area contributed by atoms with Crippen LogP contribution in [0.2, 0.25) is 0 Å². The number of aliphatic hydroxyl groups is 1. The Morgan fingerprint density at radius 3 is 2.43 bits per heavy atom. The molecule has 1 amide bonds. The van der Waals surface area contributed by atoms with Gasteiger partial charge in [0.1, 0.15) is 0 Å². The minimum absolute atomic E-state index is 0.0504. The summed E-state index contributed by atoms with van der Waals surface area (Å²) in [6.07, 6.45) is 1.62. The highest BCUT2D eigenvalue weighted by Crippen LogP contribution is 2.16. The lowest BCUT2D eigenvalue weighted by molar-refractivity contribution is -0.121. The summed E-state index contributed by atoms with van der Waals surface area (Å²) in [7, 11) is 0. The molecule has 112 valence electrons. The second-order valence-electron chi connectivity index (χ2n) is 5.57. The lowest BCUT2D eigenvalue weighted by atomic mass is 9.97. The second-order valence-corrected chi connectivity index (χ2v) is 5.57. The topological polar surface area (TPSA) is 49.3 Å². The number of carbonyl (C=O) groups is 1. The van der Waals surface area contributed by atoms with Crippen LogP contribution in [-0.2, 0) is 11.2 Å². The van der Waals surface area contributed by atoms with Crippen molar-refractivity contribution in [2.75, 3.05) is 6.54 Å². The normalized spacial score (nSPS) is 11.6. The van der Waals surface area contributed by atoms with Gasteiger partial charge in [-0.1, -0.05) is 56.3 Å². The number of hydrogen-bond donors (Lipinski definition) is 2. The molecule has 2 rings (SSSR count). The number of hydrogen-bond acceptors (Lipinski definition) is 2. The van der Waals surface area contributed by atoms with E-state index in [-0.39, 0.29) is 5.91 Å². The Labute approximate surface area is 126 Å². The molecular weight excluding hydrogens is 262 g/mol. The molecule has 0 saturated carbocycles. The fraction of sp³-hybridized carbons (Fsp3) is 0.389. The van der Waals surface area contributed by atoms with E-state index in [4.69, 9.17) is 0 Å². The number of fused-ring (bicyclic) bond motifs is 1. The van der Waals surface area contributed by atoms with Crippen molar-refractivity contribution in [3.8, 4) is 0 Å². The maximum Gasteiger partial charge on any atom is 0.224 e. The molecule has 21 heavy (non-hydrogen) atoms. The standard InChI is InChI=1S/C18H23NO2/c1-3-18(21,4-2)13-19-17(20)12-14-9-10-15-7-5-6-8-16(15)11-14/h5-11,21H,3-4,12-13H2,1-2H3,(H,19,20). The molecule has 2 aromatic rings. The van der Waals surface area contributed by atoms with Crippen LogP contribution in [0, 0.1) is 0 Å². The van der Waals surface area contributed by atoms with Crippen LogP contribution < -0.4 is 5.32 Å². The summed E-state index contributed by atoms with van der Waals surface area (Å²) in [5.41, 5.74) is 0.196. The van der Waals surface area contributed by atoms with E-state index in [1.165, 1.54) is 5.39 Å². The van der Waals surface area contributed by atoms with E-state index in [1.807, 2.05) is 50.2 Å². The summed E-state index contributed by atoms with van der Waals surface area (Å²) in [5, 5.41) is 15.3. The molecule has 0 aliphatic carbocycles. The lowest BCUT2D eigenvalue weighted by Gasteiger charge is -2.25. The highest BCUT2D eigenvalue weighted by molar-refractivity contribution is 5.85. The third-order valence-electron chi connectivity index (χ3n) is 4.11. The summed E-state index contributed by atoms with van der Waals surface area (Å²) in [5.74, 6) is -0.0504. The largest absolute Gasteiger partial charge is 0.388 e. The minimum atomic E-state index is -0.793. The van der Waals surface area contributed by atoms with Crippen molar-refractivity contribution in [2.45, 2.75) is 38.7 Å². The first-order chi connectivity index (χ1) is 10.1. The molecule has 3 heteroatoms. The van der Waals surface area contributed by atoms with Gasteiger partial charge in [0.05, 0.1) is 12.0 Å². The maximum absolute atomic E-state index is 12.0. The first kappa shape index (κ1) is 15.5. The fourth-order valence-corrected chi connectivity index (χ4v) is 2.36. The van der Waals surface area contributed by atoms with Crippen LogP contribution in [0.15, 0.2) is 42.5 Å². The molecule has 0 atom stereocenters. The first-order valence-corrected chi connectivity index (χ1v) is 7.53. The molecule has 2 N–H and O–H groups in total. The fourth-order valence-electron chi connectivity index (χ4n) is 2.36. The molecule has 3 nitrogen and oxygen atoms in total. The van der Waals surface area contributed by atoms with Crippen LogP contribution >= 0.6 is 0 Å². The molecule has 0 aliphatic heterocycles. The molecule has 0 fully saturated rings. The molecule has 0 bridgehead atoms. The number of nitrogens with one attached hydrogen (secondary N) is 1. The SMILES string of the molecule is CCC(O)(CC)CNC(=O)Cc1ccc2ccccc2c1. The highest BCUT2D eigenvalue weighted by atomic mass is 16.3. The molecule has 0 saturated heterocycles. The number of amides is 1. The van der Waals surface area contributed by atoms with E-state index in [9.17, 15) is 9.90 Å². The van der Waals surface area contributed by atoms with Crippen molar-refractivity contribution in [3.63, 3.8) is 0 Å². The summed E-state index contributed by atoms with van der Waals surface area (Å²) in [4.78, 5) is 12.0. The molecule has 0 aromatic heterocycles. The summed E-state index contributed by atoms with van der Waals surface area (Å²) < 4.78 is 0. The van der Waals surface area contributed by atoms with Crippen LogP contribution in [0.1, 0.15) is 32.3 Å². The predicted molar refractivity (Wildman–Crippen MR) is 86.2 cm³/mol. The zero-order valence-electron chi connectivity index (χ0n) is 12.7. The van der Waals surface area contributed by atoms with Crippen molar-refractivity contribution in [2.24, 2.45) is 0 Å². The Bertz CT molecular complexity index is 617. The Balaban J connectivity index is 1.98. The summed E-state index contributed by atoms with van der Waals surface area (Å²) in [6.45, 7) is 4.17. The van der Waals surface area contributed by atoms with Crippen molar-refractivity contribution < 1.29 is 9.90 Å². The van der Waals surface area contributed by atoms with Crippen molar-refractivity contribution in [3.05, 3.63) is 48.0 Å². The molecular formula is C18H23NO2. The van der Waals surface area contributed by atoms with Crippen LogP contribution in [0.5, 0.6) is 0 Å². The smallest absolute Gasteiger partial charge is 0.224 e. The summed E-state index contributed by atoms with van der Waals surface area (Å²) >= 11 is 0. The van der Waals surface area contributed by atoms with E-state index in [0.717, 1.165) is 10.9 Å². The van der Waals surface area contributed by atoms with Crippen LogP contribution in [0.25, 0.3) is 10.8 Å². The van der Waals surface area contributed by atoms with Gasteiger partial charge in [0, 0.05) is 6.54 Å². The third kappa shape index (κ3) is 4.05. The number of benzene rings is 2. The first-order valence-electron chi connectivity index (χ1n) is 7.53. The van der Waals surface area contributed by atoms with Gasteiger partial charge in [-0.05, 0) is 29.2 Å². The van der Waals surface area contributed by atoms with Gasteiger partial charge in [-0.15, -0.1) is 0 Å². The zero-order chi connectivity index (χ0) is 15.3. The van der Waals surface area contributed by atoms with E-state index in [1.54, 1.807) is 0 Å². The summed E-state index contributed by atoms with van der Waals surface area (Å²) in [6, 6.07) is 14.2. The quantitative estimate of drug-likeness (QED) is 0.857. The average molecular weight is 285 g/mol. The second kappa shape index (κ2) is 6.72. The van der Waals surface area contributed by atoms with Gasteiger partial charge in [-0.2, -0.15) is 0 Å². The van der Waals surface area contributed by atoms with Crippen molar-refractivity contribution in [1.29, 1.82) is 0 Å².